The second kappa shape index (κ2) is 5.60. The van der Waals surface area contributed by atoms with Gasteiger partial charge in [-0.15, -0.1) is 0 Å². The Morgan fingerprint density at radius 2 is 1.85 bits per heavy atom. The van der Waals surface area contributed by atoms with Gasteiger partial charge >= 0.3 is 6.09 Å². The summed E-state index contributed by atoms with van der Waals surface area (Å²) in [5, 5.41) is 1.16. The van der Waals surface area contributed by atoms with Gasteiger partial charge in [-0.25, -0.2) is 9.86 Å². The van der Waals surface area contributed by atoms with Crippen molar-refractivity contribution in [1.29, 1.82) is 0 Å². The number of hydrogen-bond acceptors (Lipinski definition) is 4. The first-order valence-corrected chi connectivity index (χ1v) is 6.78. The van der Waals surface area contributed by atoms with E-state index in [9.17, 15) is 9.59 Å². The lowest BCUT2D eigenvalue weighted by Gasteiger charge is -2.29. The number of carbonyl (C=O) groups excluding carboxylic acids is 2. The molecule has 0 radical (unpaired) electrons. The molecule has 6 nitrogen and oxygen atoms in total. The van der Waals surface area contributed by atoms with Crippen molar-refractivity contribution >= 4 is 12.0 Å². The zero-order valence-corrected chi connectivity index (χ0v) is 13.5. The van der Waals surface area contributed by atoms with Crippen LogP contribution in [0.1, 0.15) is 41.0 Å². The fourth-order valence-corrected chi connectivity index (χ4v) is 2.30. The smallest absolute Gasteiger partial charge is 0.410 e. The topological polar surface area (TPSA) is 59.1 Å². The zero-order valence-electron chi connectivity index (χ0n) is 13.5. The summed E-state index contributed by atoms with van der Waals surface area (Å²) in [6.07, 6.45) is 0.143. The third-order valence-corrected chi connectivity index (χ3v) is 3.22. The van der Waals surface area contributed by atoms with Gasteiger partial charge in [-0.1, -0.05) is 13.8 Å². The molecule has 0 aromatic heterocycles. The highest BCUT2D eigenvalue weighted by atomic mass is 16.7. The Hall–Kier alpha value is -1.30. The van der Waals surface area contributed by atoms with E-state index in [0.29, 0.717) is 13.0 Å². The number of ether oxygens (including phenoxy) is 1. The molecule has 0 aromatic carbocycles. The van der Waals surface area contributed by atoms with Crippen LogP contribution in [-0.4, -0.2) is 54.3 Å². The van der Waals surface area contributed by atoms with Crippen LogP contribution in [0.25, 0.3) is 0 Å². The van der Waals surface area contributed by atoms with Crippen molar-refractivity contribution in [2.24, 2.45) is 5.41 Å². The number of likely N-dealkylation sites (tertiary alicyclic amines) is 1. The minimum Gasteiger partial charge on any atom is -0.444 e. The van der Waals surface area contributed by atoms with Gasteiger partial charge in [-0.05, 0) is 32.6 Å². The molecule has 20 heavy (non-hydrogen) atoms. The average Bonchev–Trinajstić information content (AvgIpc) is 2.61. The summed E-state index contributed by atoms with van der Waals surface area (Å²) >= 11 is 0. The maximum absolute atomic E-state index is 12.3. The molecule has 0 bridgehead atoms. The molecule has 1 atom stereocenters. The van der Waals surface area contributed by atoms with E-state index in [1.165, 1.54) is 12.0 Å². The molecule has 1 saturated heterocycles. The molecule has 1 fully saturated rings. The molecule has 6 heteroatoms. The van der Waals surface area contributed by atoms with Crippen molar-refractivity contribution < 1.29 is 19.2 Å². The molecule has 1 aliphatic heterocycles. The maximum Gasteiger partial charge on any atom is 0.410 e. The Bertz CT molecular complexity index is 387. The van der Waals surface area contributed by atoms with Gasteiger partial charge in [0.2, 0.25) is 0 Å². The first-order chi connectivity index (χ1) is 8.97. The minimum atomic E-state index is -0.579. The number of hydroxylamine groups is 2. The van der Waals surface area contributed by atoms with Crippen LogP contribution < -0.4 is 0 Å². The third-order valence-electron chi connectivity index (χ3n) is 3.22. The van der Waals surface area contributed by atoms with Crippen LogP contribution in [0.4, 0.5) is 4.79 Å². The predicted octanol–water partition coefficient (Wildman–Crippen LogP) is 2.04. The van der Waals surface area contributed by atoms with Gasteiger partial charge in [-0.3, -0.25) is 14.5 Å². The molecule has 0 spiro atoms. The van der Waals surface area contributed by atoms with Crippen molar-refractivity contribution in [2.75, 3.05) is 20.7 Å². The Morgan fingerprint density at radius 1 is 1.30 bits per heavy atom. The molecule has 0 unspecified atom stereocenters. The van der Waals surface area contributed by atoms with E-state index in [-0.39, 0.29) is 11.3 Å². The first kappa shape index (κ1) is 16.8. The molecule has 116 valence electrons. The molecule has 1 rings (SSSR count). The van der Waals surface area contributed by atoms with Gasteiger partial charge in [0.15, 0.2) is 0 Å². The Kier molecular flexibility index (Phi) is 4.69. The highest BCUT2D eigenvalue weighted by Crippen LogP contribution is 2.35. The molecule has 0 N–H and O–H groups in total. The Labute approximate surface area is 121 Å². The summed E-state index contributed by atoms with van der Waals surface area (Å²) in [7, 11) is 2.97. The lowest BCUT2D eigenvalue weighted by molar-refractivity contribution is -0.173. The van der Waals surface area contributed by atoms with E-state index >= 15 is 0 Å². The summed E-state index contributed by atoms with van der Waals surface area (Å²) in [6, 6.07) is -0.537. The van der Waals surface area contributed by atoms with Gasteiger partial charge < -0.3 is 4.74 Å². The average molecular weight is 286 g/mol. The van der Waals surface area contributed by atoms with Crippen molar-refractivity contribution in [3.63, 3.8) is 0 Å². The minimum absolute atomic E-state index is 0.119. The van der Waals surface area contributed by atoms with Gasteiger partial charge in [0.05, 0.1) is 7.11 Å². The van der Waals surface area contributed by atoms with Gasteiger partial charge in [-0.2, -0.15) is 0 Å². The van der Waals surface area contributed by atoms with E-state index in [4.69, 9.17) is 9.57 Å². The van der Waals surface area contributed by atoms with E-state index in [0.717, 1.165) is 5.06 Å². The summed E-state index contributed by atoms with van der Waals surface area (Å²) in [5.74, 6) is -0.232. The molecule has 0 aliphatic carbocycles. The molecule has 1 heterocycles. The number of nitrogens with zero attached hydrogens (tertiary/aromatic N) is 2. The number of hydrogen-bond donors (Lipinski definition) is 0. The molecule has 2 amide bonds. The highest BCUT2D eigenvalue weighted by Gasteiger charge is 2.46. The van der Waals surface area contributed by atoms with Gasteiger partial charge in [0.25, 0.3) is 5.91 Å². The first-order valence-electron chi connectivity index (χ1n) is 6.78. The number of rotatable bonds is 2. The normalized spacial score (nSPS) is 21.8. The van der Waals surface area contributed by atoms with Crippen LogP contribution >= 0.6 is 0 Å². The number of likely N-dealkylation sites (N-methyl/N-ethyl adjacent to an activating group) is 1. The lowest BCUT2D eigenvalue weighted by Crippen LogP contribution is -2.47. The SMILES string of the molecule is CON(C)C(=O)[C@H]1CC(C)(C)CN1C(=O)OC(C)(C)C. The van der Waals surface area contributed by atoms with Crippen molar-refractivity contribution in [3.8, 4) is 0 Å². The Balaban J connectivity index is 2.91. The fraction of sp³-hybridized carbons (Fsp3) is 0.857. The van der Waals surface area contributed by atoms with Crippen LogP contribution in [0.5, 0.6) is 0 Å². The summed E-state index contributed by atoms with van der Waals surface area (Å²) < 4.78 is 5.38. The highest BCUT2D eigenvalue weighted by molar-refractivity contribution is 5.85. The summed E-state index contributed by atoms with van der Waals surface area (Å²) in [5.41, 5.74) is -0.698. The fourth-order valence-electron chi connectivity index (χ4n) is 2.30. The van der Waals surface area contributed by atoms with E-state index in [2.05, 4.69) is 0 Å². The second-order valence-corrected chi connectivity index (χ2v) is 7.01. The van der Waals surface area contributed by atoms with Crippen molar-refractivity contribution in [2.45, 2.75) is 52.7 Å². The van der Waals surface area contributed by atoms with Crippen LogP contribution in [-0.2, 0) is 14.4 Å². The van der Waals surface area contributed by atoms with Crippen molar-refractivity contribution in [3.05, 3.63) is 0 Å². The zero-order chi connectivity index (χ0) is 15.7. The predicted molar refractivity (Wildman–Crippen MR) is 74.9 cm³/mol. The monoisotopic (exact) mass is 286 g/mol. The summed E-state index contributed by atoms with van der Waals surface area (Å²) in [6.45, 7) is 9.99. The maximum atomic E-state index is 12.3. The van der Waals surface area contributed by atoms with Gasteiger partial charge in [0, 0.05) is 13.6 Å². The lowest BCUT2D eigenvalue weighted by atomic mass is 9.90. The quantitative estimate of drug-likeness (QED) is 0.729. The van der Waals surface area contributed by atoms with Gasteiger partial charge in [0.1, 0.15) is 11.6 Å². The Morgan fingerprint density at radius 3 is 2.30 bits per heavy atom. The van der Waals surface area contributed by atoms with E-state index in [1.807, 2.05) is 34.6 Å². The number of amides is 2. The van der Waals surface area contributed by atoms with Crippen LogP contribution in [0.3, 0.4) is 0 Å². The molecule has 0 saturated carbocycles. The number of carbonyl (C=O) groups is 2. The van der Waals surface area contributed by atoms with E-state index in [1.54, 1.807) is 7.05 Å². The second-order valence-electron chi connectivity index (χ2n) is 7.01. The largest absolute Gasteiger partial charge is 0.444 e. The summed E-state index contributed by atoms with van der Waals surface area (Å²) in [4.78, 5) is 31.0. The van der Waals surface area contributed by atoms with Crippen LogP contribution in [0.2, 0.25) is 0 Å². The van der Waals surface area contributed by atoms with Crippen molar-refractivity contribution in [1.82, 2.24) is 9.96 Å². The molecular weight excluding hydrogens is 260 g/mol. The molecular formula is C14H26N2O4. The molecule has 1 aliphatic rings. The third kappa shape index (κ3) is 4.10. The van der Waals surface area contributed by atoms with E-state index < -0.39 is 17.7 Å². The standard InChI is InChI=1S/C14H26N2O4/c1-13(2,3)20-12(18)16-9-14(4,5)8-10(16)11(17)15(6)19-7/h10H,8-9H2,1-7H3/t10-/m1/s1. The molecule has 0 aromatic rings. The van der Waals surface area contributed by atoms with Crippen LogP contribution in [0.15, 0.2) is 0 Å². The van der Waals surface area contributed by atoms with Crippen LogP contribution in [0, 0.1) is 5.41 Å².